The molecule has 0 fully saturated rings. The second-order valence-electron chi connectivity index (χ2n) is 5.33. The largest absolute Gasteiger partial charge is 0.496 e. The molecule has 0 saturated heterocycles. The standard InChI is InChI=1S/C18H17F3N2O4/c1-26-13-8-5-9-14(27-2)15(13)16(24)23-12-7-4-3-6-11(12)10-22-17(25)18(19,20)21/h3-9H,10H2,1-2H3,(H,22,25)(H,23,24). The number of para-hydroxylation sites is 1. The summed E-state index contributed by atoms with van der Waals surface area (Å²) in [6, 6.07) is 11.0. The minimum atomic E-state index is -4.98. The van der Waals surface area contributed by atoms with Gasteiger partial charge in [-0.1, -0.05) is 24.3 Å². The first-order valence-electron chi connectivity index (χ1n) is 7.73. The molecule has 2 aromatic rings. The average Bonchev–Trinajstić information content (AvgIpc) is 2.65. The third kappa shape index (κ3) is 4.90. The lowest BCUT2D eigenvalue weighted by molar-refractivity contribution is -0.173. The molecule has 0 spiro atoms. The zero-order valence-electron chi connectivity index (χ0n) is 14.5. The van der Waals surface area contributed by atoms with Crippen molar-refractivity contribution in [3.8, 4) is 11.5 Å². The summed E-state index contributed by atoms with van der Waals surface area (Å²) in [7, 11) is 2.79. The Labute approximate surface area is 153 Å². The number of hydrogen-bond acceptors (Lipinski definition) is 4. The summed E-state index contributed by atoms with van der Waals surface area (Å²) in [5.41, 5.74) is 0.687. The Hall–Kier alpha value is -3.23. The van der Waals surface area contributed by atoms with E-state index in [9.17, 15) is 22.8 Å². The number of nitrogens with one attached hydrogen (secondary N) is 2. The number of carbonyl (C=O) groups is 2. The Morgan fingerprint density at radius 2 is 1.56 bits per heavy atom. The van der Waals surface area contributed by atoms with Crippen molar-refractivity contribution in [2.45, 2.75) is 12.7 Å². The van der Waals surface area contributed by atoms with E-state index in [0.717, 1.165) is 0 Å². The van der Waals surface area contributed by atoms with Crippen molar-refractivity contribution in [2.75, 3.05) is 19.5 Å². The van der Waals surface area contributed by atoms with Crippen LogP contribution in [0.15, 0.2) is 42.5 Å². The van der Waals surface area contributed by atoms with E-state index in [0.29, 0.717) is 5.56 Å². The molecular weight excluding hydrogens is 365 g/mol. The highest BCUT2D eigenvalue weighted by molar-refractivity contribution is 6.08. The summed E-state index contributed by atoms with van der Waals surface area (Å²) in [4.78, 5) is 23.7. The van der Waals surface area contributed by atoms with Gasteiger partial charge in [-0.25, -0.2) is 0 Å². The maximum absolute atomic E-state index is 12.7. The van der Waals surface area contributed by atoms with Gasteiger partial charge in [0.1, 0.15) is 17.1 Å². The molecule has 0 aromatic heterocycles. The van der Waals surface area contributed by atoms with Crippen molar-refractivity contribution in [1.82, 2.24) is 5.32 Å². The van der Waals surface area contributed by atoms with E-state index < -0.39 is 24.5 Å². The second kappa shape index (κ2) is 8.43. The minimum Gasteiger partial charge on any atom is -0.496 e. The number of ether oxygens (including phenoxy) is 2. The fourth-order valence-corrected chi connectivity index (χ4v) is 2.33. The van der Waals surface area contributed by atoms with Crippen LogP contribution in [0, 0.1) is 0 Å². The lowest BCUT2D eigenvalue weighted by Crippen LogP contribution is -2.36. The molecule has 2 rings (SSSR count). The molecule has 9 heteroatoms. The van der Waals surface area contributed by atoms with Crippen LogP contribution in [0.5, 0.6) is 11.5 Å². The number of halogens is 3. The number of anilines is 1. The molecule has 0 atom stereocenters. The van der Waals surface area contributed by atoms with Crippen LogP contribution in [-0.2, 0) is 11.3 Å². The van der Waals surface area contributed by atoms with Crippen molar-refractivity contribution < 1.29 is 32.2 Å². The summed E-state index contributed by atoms with van der Waals surface area (Å²) in [6.07, 6.45) is -4.98. The van der Waals surface area contributed by atoms with E-state index in [2.05, 4.69) is 5.32 Å². The third-order valence-electron chi connectivity index (χ3n) is 3.62. The molecule has 0 aliphatic carbocycles. The van der Waals surface area contributed by atoms with Crippen LogP contribution in [0.1, 0.15) is 15.9 Å². The number of methoxy groups -OCH3 is 2. The monoisotopic (exact) mass is 382 g/mol. The molecule has 0 aliphatic heterocycles. The predicted octanol–water partition coefficient (Wildman–Crippen LogP) is 3.13. The SMILES string of the molecule is COc1cccc(OC)c1C(=O)Nc1ccccc1CNC(=O)C(F)(F)F. The second-order valence-corrected chi connectivity index (χ2v) is 5.33. The summed E-state index contributed by atoms with van der Waals surface area (Å²) >= 11 is 0. The highest BCUT2D eigenvalue weighted by Crippen LogP contribution is 2.29. The van der Waals surface area contributed by atoms with Gasteiger partial charge in [0, 0.05) is 12.2 Å². The summed E-state index contributed by atoms with van der Waals surface area (Å²) in [6.45, 7) is -0.405. The summed E-state index contributed by atoms with van der Waals surface area (Å²) in [5, 5.41) is 4.38. The molecule has 0 heterocycles. The average molecular weight is 382 g/mol. The Morgan fingerprint density at radius 1 is 0.963 bits per heavy atom. The predicted molar refractivity (Wildman–Crippen MR) is 91.8 cm³/mol. The smallest absolute Gasteiger partial charge is 0.471 e. The molecule has 2 amide bonds. The van der Waals surface area contributed by atoms with Crippen LogP contribution < -0.4 is 20.1 Å². The Kier molecular flexibility index (Phi) is 6.27. The lowest BCUT2D eigenvalue weighted by Gasteiger charge is -2.15. The molecule has 6 nitrogen and oxygen atoms in total. The molecule has 0 unspecified atom stereocenters. The number of amides is 2. The van der Waals surface area contributed by atoms with Gasteiger partial charge in [0.25, 0.3) is 5.91 Å². The molecule has 0 radical (unpaired) electrons. The van der Waals surface area contributed by atoms with E-state index in [4.69, 9.17) is 9.47 Å². The van der Waals surface area contributed by atoms with Gasteiger partial charge in [-0.2, -0.15) is 13.2 Å². The number of carbonyl (C=O) groups excluding carboxylic acids is 2. The van der Waals surface area contributed by atoms with Gasteiger partial charge >= 0.3 is 12.1 Å². The Bertz CT molecular complexity index is 815. The van der Waals surface area contributed by atoms with Crippen molar-refractivity contribution in [2.24, 2.45) is 0 Å². The van der Waals surface area contributed by atoms with Crippen molar-refractivity contribution >= 4 is 17.5 Å². The van der Waals surface area contributed by atoms with Crippen molar-refractivity contribution in [3.05, 3.63) is 53.6 Å². The number of rotatable bonds is 6. The zero-order valence-corrected chi connectivity index (χ0v) is 14.5. The normalized spacial score (nSPS) is 10.9. The third-order valence-corrected chi connectivity index (χ3v) is 3.62. The van der Waals surface area contributed by atoms with Crippen LogP contribution in [0.3, 0.4) is 0 Å². The van der Waals surface area contributed by atoms with Crippen LogP contribution in [0.25, 0.3) is 0 Å². The number of hydrogen-bond donors (Lipinski definition) is 2. The molecule has 2 N–H and O–H groups in total. The molecule has 0 saturated carbocycles. The number of alkyl halides is 3. The summed E-state index contributed by atoms with van der Waals surface area (Å²) < 4.78 is 47.4. The molecule has 144 valence electrons. The van der Waals surface area contributed by atoms with Gasteiger partial charge in [0.2, 0.25) is 0 Å². The maximum Gasteiger partial charge on any atom is 0.471 e. The summed E-state index contributed by atoms with van der Waals surface area (Å²) in [5.74, 6) is -2.08. The van der Waals surface area contributed by atoms with Gasteiger partial charge < -0.3 is 20.1 Å². The lowest BCUT2D eigenvalue weighted by atomic mass is 10.1. The van der Waals surface area contributed by atoms with Gasteiger partial charge in [0.15, 0.2) is 0 Å². The van der Waals surface area contributed by atoms with E-state index in [1.165, 1.54) is 26.4 Å². The first-order valence-corrected chi connectivity index (χ1v) is 7.73. The maximum atomic E-state index is 12.7. The minimum absolute atomic E-state index is 0.136. The van der Waals surface area contributed by atoms with Crippen molar-refractivity contribution in [3.63, 3.8) is 0 Å². The molecule has 0 aliphatic rings. The van der Waals surface area contributed by atoms with Gasteiger partial charge in [0.05, 0.1) is 14.2 Å². The Balaban J connectivity index is 2.24. The van der Waals surface area contributed by atoms with Gasteiger partial charge in [-0.3, -0.25) is 9.59 Å². The molecule has 27 heavy (non-hydrogen) atoms. The Morgan fingerprint density at radius 3 is 2.11 bits per heavy atom. The topological polar surface area (TPSA) is 76.7 Å². The van der Waals surface area contributed by atoms with E-state index in [1.807, 2.05) is 0 Å². The van der Waals surface area contributed by atoms with Gasteiger partial charge in [-0.05, 0) is 23.8 Å². The van der Waals surface area contributed by atoms with Crippen LogP contribution in [0.2, 0.25) is 0 Å². The van der Waals surface area contributed by atoms with Crippen molar-refractivity contribution in [1.29, 1.82) is 0 Å². The fraction of sp³-hybridized carbons (Fsp3) is 0.222. The van der Waals surface area contributed by atoms with Gasteiger partial charge in [-0.15, -0.1) is 0 Å². The van der Waals surface area contributed by atoms with Crippen LogP contribution in [-0.4, -0.2) is 32.2 Å². The first-order chi connectivity index (χ1) is 12.8. The van der Waals surface area contributed by atoms with E-state index in [-0.39, 0.29) is 22.7 Å². The van der Waals surface area contributed by atoms with Crippen LogP contribution >= 0.6 is 0 Å². The molecule has 2 aromatic carbocycles. The van der Waals surface area contributed by atoms with E-state index in [1.54, 1.807) is 35.6 Å². The highest BCUT2D eigenvalue weighted by Gasteiger charge is 2.38. The zero-order chi connectivity index (χ0) is 20.0. The van der Waals surface area contributed by atoms with Crippen LogP contribution in [0.4, 0.5) is 18.9 Å². The number of benzene rings is 2. The highest BCUT2D eigenvalue weighted by atomic mass is 19.4. The first kappa shape index (κ1) is 20.1. The van der Waals surface area contributed by atoms with E-state index >= 15 is 0 Å². The fourth-order valence-electron chi connectivity index (χ4n) is 2.33. The molecule has 0 bridgehead atoms. The quantitative estimate of drug-likeness (QED) is 0.805. The molecular formula is C18H17F3N2O4.